The Labute approximate surface area is 33.9 Å². The van der Waals surface area contributed by atoms with Gasteiger partial charge in [0, 0.05) is 5.66 Å². The van der Waals surface area contributed by atoms with Crippen LogP contribution < -0.4 is 0 Å². The Bertz CT molecular complexity index is 42.9. The zero-order chi connectivity index (χ0) is 4.28. The van der Waals surface area contributed by atoms with Gasteiger partial charge in [0.1, 0.15) is 0 Å². The first kappa shape index (κ1) is 4.67. The third-order valence-electron chi connectivity index (χ3n) is 0.348. The first-order chi connectivity index (χ1) is 2.27. The summed E-state index contributed by atoms with van der Waals surface area (Å²) in [4.78, 5) is 0. The Kier molecular flexibility index (Phi) is 1.81. The van der Waals surface area contributed by atoms with Crippen LogP contribution in [0.4, 0.5) is 0 Å². The predicted molar refractivity (Wildman–Crippen MR) is 27.3 cm³/mol. The third-order valence-corrected chi connectivity index (χ3v) is 0.348. The molecule has 1 nitrogen and oxygen atoms in total. The van der Waals surface area contributed by atoms with Gasteiger partial charge in [0.25, 0.3) is 0 Å². The van der Waals surface area contributed by atoms with E-state index in [-0.39, 0.29) is 0 Å². The van der Waals surface area contributed by atoms with Crippen LogP contribution in [0, 0.1) is 0 Å². The second kappa shape index (κ2) is 1.94. The standard InChI is InChI=1S/C2H6B2O/c1-2(3)5-4/h1,3-4H2. The molecule has 0 atom stereocenters. The molecular weight excluding hydrogens is 61.6 g/mol. The van der Waals surface area contributed by atoms with Gasteiger partial charge in [0.2, 0.25) is 0 Å². The number of hydrogen-bond donors (Lipinski definition) is 0. The molecule has 0 rings (SSSR count). The van der Waals surface area contributed by atoms with Crippen LogP contribution in [0.25, 0.3) is 0 Å². The van der Waals surface area contributed by atoms with Crippen molar-refractivity contribution < 1.29 is 4.65 Å². The highest BCUT2D eigenvalue weighted by Gasteiger charge is 1.66. The molecule has 3 heteroatoms. The molecule has 0 saturated heterocycles. The molecule has 0 N–H and O–H groups in total. The molecule has 0 unspecified atom stereocenters. The molecule has 0 aliphatic heterocycles. The second-order valence-electron chi connectivity index (χ2n) is 0.906. The number of hydrogen-bond acceptors (Lipinski definition) is 1. The molecule has 0 saturated carbocycles. The van der Waals surface area contributed by atoms with Crippen LogP contribution in [0.2, 0.25) is 0 Å². The average molecular weight is 67.7 g/mol. The van der Waals surface area contributed by atoms with Gasteiger partial charge >= 0.3 is 8.05 Å². The molecule has 0 spiro atoms. The van der Waals surface area contributed by atoms with Gasteiger partial charge in [-0.1, -0.05) is 6.58 Å². The van der Waals surface area contributed by atoms with Gasteiger partial charge < -0.3 is 4.65 Å². The van der Waals surface area contributed by atoms with Crippen molar-refractivity contribution in [2.24, 2.45) is 0 Å². The maximum absolute atomic E-state index is 4.56. The van der Waals surface area contributed by atoms with E-state index in [0.717, 1.165) is 5.66 Å². The largest absolute Gasteiger partial charge is 0.579 e. The van der Waals surface area contributed by atoms with Crippen LogP contribution in [0.15, 0.2) is 12.2 Å². The highest BCUT2D eigenvalue weighted by molar-refractivity contribution is 6.21. The fourth-order valence-corrected chi connectivity index (χ4v) is 0. The summed E-state index contributed by atoms with van der Waals surface area (Å²) in [7, 11) is 3.41. The average Bonchev–Trinajstić information content (AvgIpc) is 1.38. The monoisotopic (exact) mass is 68.1 g/mol. The summed E-state index contributed by atoms with van der Waals surface area (Å²) in [6.45, 7) is 3.45. The number of rotatable bonds is 1. The van der Waals surface area contributed by atoms with E-state index in [0.29, 0.717) is 0 Å². The Hall–Kier alpha value is -0.330. The Morgan fingerprint density at radius 2 is 2.00 bits per heavy atom. The molecule has 0 fully saturated rings. The SMILES string of the molecule is BOC(B)=C. The van der Waals surface area contributed by atoms with E-state index >= 15 is 0 Å². The minimum absolute atomic E-state index is 0.755. The van der Waals surface area contributed by atoms with Crippen LogP contribution in [0.5, 0.6) is 0 Å². The lowest BCUT2D eigenvalue weighted by atomic mass is 10.1. The van der Waals surface area contributed by atoms with Crippen molar-refractivity contribution in [3.63, 3.8) is 0 Å². The third kappa shape index (κ3) is 3.67. The van der Waals surface area contributed by atoms with Gasteiger partial charge in [-0.2, -0.15) is 0 Å². The fourth-order valence-electron chi connectivity index (χ4n) is 0. The maximum atomic E-state index is 4.56. The summed E-state index contributed by atoms with van der Waals surface area (Å²) >= 11 is 0. The molecule has 0 aliphatic rings. The molecular formula is C2H6B2O. The van der Waals surface area contributed by atoms with Crippen LogP contribution in [0.1, 0.15) is 0 Å². The summed E-state index contributed by atoms with van der Waals surface area (Å²) < 4.78 is 4.56. The maximum Gasteiger partial charge on any atom is 0.320 e. The molecule has 0 bridgehead atoms. The van der Waals surface area contributed by atoms with Gasteiger partial charge in [0.05, 0.1) is 0 Å². The minimum atomic E-state index is 0.755. The van der Waals surface area contributed by atoms with E-state index in [9.17, 15) is 0 Å². The summed E-state index contributed by atoms with van der Waals surface area (Å²) in [5, 5.41) is 0. The lowest BCUT2D eigenvalue weighted by Gasteiger charge is -1.89. The quantitative estimate of drug-likeness (QED) is 0.272. The highest BCUT2D eigenvalue weighted by Crippen LogP contribution is 1.72. The minimum Gasteiger partial charge on any atom is -0.579 e. The molecule has 0 amide bonds. The van der Waals surface area contributed by atoms with Crippen molar-refractivity contribution in [1.29, 1.82) is 0 Å². The Morgan fingerprint density at radius 3 is 2.00 bits per heavy atom. The van der Waals surface area contributed by atoms with Gasteiger partial charge in [-0.3, -0.25) is 0 Å². The van der Waals surface area contributed by atoms with E-state index < -0.39 is 0 Å². The van der Waals surface area contributed by atoms with Gasteiger partial charge in [0.15, 0.2) is 7.85 Å². The molecule has 0 heterocycles. The fraction of sp³-hybridized carbons (Fsp3) is 0. The van der Waals surface area contributed by atoms with Crippen molar-refractivity contribution in [1.82, 2.24) is 0 Å². The molecule has 0 aromatic heterocycles. The second-order valence-corrected chi connectivity index (χ2v) is 0.906. The Balaban J connectivity index is 2.85. The summed E-state index contributed by atoms with van der Waals surface area (Å²) in [6, 6.07) is 0. The van der Waals surface area contributed by atoms with Crippen molar-refractivity contribution in [3.8, 4) is 0 Å². The molecule has 0 aromatic carbocycles. The smallest absolute Gasteiger partial charge is 0.320 e. The highest BCUT2D eigenvalue weighted by atomic mass is 16.4. The van der Waals surface area contributed by atoms with Crippen LogP contribution in [-0.2, 0) is 4.65 Å². The van der Waals surface area contributed by atoms with Crippen LogP contribution >= 0.6 is 0 Å². The lowest BCUT2D eigenvalue weighted by Crippen LogP contribution is -1.79. The van der Waals surface area contributed by atoms with E-state index in [1.54, 1.807) is 15.9 Å². The summed E-state index contributed by atoms with van der Waals surface area (Å²) in [5.74, 6) is 0. The lowest BCUT2D eigenvalue weighted by molar-refractivity contribution is 0.516. The summed E-state index contributed by atoms with van der Waals surface area (Å²) in [6.07, 6.45) is 0. The van der Waals surface area contributed by atoms with Gasteiger partial charge in [-0.25, -0.2) is 0 Å². The van der Waals surface area contributed by atoms with Crippen molar-refractivity contribution in [2.45, 2.75) is 0 Å². The van der Waals surface area contributed by atoms with Crippen molar-refractivity contribution in [3.05, 3.63) is 12.2 Å². The van der Waals surface area contributed by atoms with Crippen molar-refractivity contribution in [2.75, 3.05) is 0 Å². The van der Waals surface area contributed by atoms with Crippen LogP contribution in [-0.4, -0.2) is 15.9 Å². The first-order valence-corrected chi connectivity index (χ1v) is 1.47. The molecule has 5 heavy (non-hydrogen) atoms. The van der Waals surface area contributed by atoms with Crippen molar-refractivity contribution >= 4 is 15.9 Å². The normalized spacial score (nSPS) is 6.40. The molecule has 0 aromatic rings. The summed E-state index contributed by atoms with van der Waals surface area (Å²) in [5.41, 5.74) is 0.755. The first-order valence-electron chi connectivity index (χ1n) is 1.47. The van der Waals surface area contributed by atoms with Gasteiger partial charge in [-0.05, 0) is 0 Å². The molecule has 26 valence electrons. The zero-order valence-electron chi connectivity index (χ0n) is 3.62. The predicted octanol–water partition coefficient (Wildman–Crippen LogP) is -1.34. The van der Waals surface area contributed by atoms with E-state index in [1.165, 1.54) is 0 Å². The zero-order valence-corrected chi connectivity index (χ0v) is 3.62. The molecule has 0 aliphatic carbocycles. The van der Waals surface area contributed by atoms with E-state index in [4.69, 9.17) is 0 Å². The van der Waals surface area contributed by atoms with Gasteiger partial charge in [-0.15, -0.1) is 0 Å². The Morgan fingerprint density at radius 1 is 1.80 bits per heavy atom. The van der Waals surface area contributed by atoms with E-state index in [1.807, 2.05) is 0 Å². The topological polar surface area (TPSA) is 9.23 Å². The van der Waals surface area contributed by atoms with Crippen LogP contribution in [0.3, 0.4) is 0 Å². The van der Waals surface area contributed by atoms with E-state index in [2.05, 4.69) is 11.2 Å². The molecule has 0 radical (unpaired) electrons.